The van der Waals surface area contributed by atoms with Crippen LogP contribution in [0.25, 0.3) is 0 Å². The van der Waals surface area contributed by atoms with Crippen molar-refractivity contribution in [2.75, 3.05) is 0 Å². The lowest BCUT2D eigenvalue weighted by Crippen LogP contribution is -2.24. The molecule has 0 fully saturated rings. The van der Waals surface area contributed by atoms with E-state index in [1.165, 1.54) is 0 Å². The molecule has 106 valence electrons. The minimum atomic E-state index is -3.39. The molecule has 1 N–H and O–H groups in total. The first kappa shape index (κ1) is 15.3. The molecule has 0 spiro atoms. The van der Waals surface area contributed by atoms with E-state index in [2.05, 4.69) is 4.72 Å². The molecule has 3 nitrogen and oxygen atoms in total. The first-order valence-corrected chi connectivity index (χ1v) is 8.32. The summed E-state index contributed by atoms with van der Waals surface area (Å²) in [6.45, 7) is 0.162. The van der Waals surface area contributed by atoms with Crippen molar-refractivity contribution in [3.63, 3.8) is 0 Å². The average molecular weight is 330 g/mol. The van der Waals surface area contributed by atoms with Crippen molar-refractivity contribution in [3.05, 3.63) is 69.7 Å². The molecule has 0 radical (unpaired) electrons. The number of sulfonamides is 1. The van der Waals surface area contributed by atoms with Gasteiger partial charge in [0.15, 0.2) is 0 Å². The second kappa shape index (κ2) is 6.59. The van der Waals surface area contributed by atoms with E-state index in [1.54, 1.807) is 30.3 Å². The molecule has 0 aliphatic carbocycles. The SMILES string of the molecule is O=S(=O)(Cc1ccccc1)NCc1cc(Cl)cc(Cl)c1. The van der Waals surface area contributed by atoms with E-state index in [0.717, 1.165) is 11.1 Å². The Kier molecular flexibility index (Phi) is 5.05. The van der Waals surface area contributed by atoms with Gasteiger partial charge in [0, 0.05) is 16.6 Å². The number of rotatable bonds is 5. The van der Waals surface area contributed by atoms with Crippen LogP contribution in [0.5, 0.6) is 0 Å². The van der Waals surface area contributed by atoms with Crippen LogP contribution in [0.15, 0.2) is 48.5 Å². The summed E-state index contributed by atoms with van der Waals surface area (Å²) >= 11 is 11.7. The van der Waals surface area contributed by atoms with Gasteiger partial charge in [0.05, 0.1) is 5.75 Å². The van der Waals surface area contributed by atoms with Crippen molar-refractivity contribution in [3.8, 4) is 0 Å². The highest BCUT2D eigenvalue weighted by Gasteiger charge is 2.11. The summed E-state index contributed by atoms with van der Waals surface area (Å²) in [6, 6.07) is 14.0. The molecule has 2 aromatic carbocycles. The molecule has 0 aliphatic rings. The fraction of sp³-hybridized carbons (Fsp3) is 0.143. The van der Waals surface area contributed by atoms with Crippen molar-refractivity contribution < 1.29 is 8.42 Å². The van der Waals surface area contributed by atoms with E-state index < -0.39 is 10.0 Å². The largest absolute Gasteiger partial charge is 0.216 e. The molecule has 0 amide bonds. The van der Waals surface area contributed by atoms with Crippen LogP contribution < -0.4 is 4.72 Å². The van der Waals surface area contributed by atoms with Gasteiger partial charge in [-0.05, 0) is 29.3 Å². The van der Waals surface area contributed by atoms with Crippen LogP contribution in [0.2, 0.25) is 10.0 Å². The Morgan fingerprint density at radius 1 is 0.900 bits per heavy atom. The molecule has 0 saturated heterocycles. The van der Waals surface area contributed by atoms with Gasteiger partial charge in [0.25, 0.3) is 0 Å². The van der Waals surface area contributed by atoms with Gasteiger partial charge >= 0.3 is 0 Å². The molecule has 2 aromatic rings. The van der Waals surface area contributed by atoms with Gasteiger partial charge in [-0.2, -0.15) is 0 Å². The standard InChI is InChI=1S/C14H13Cl2NO2S/c15-13-6-12(7-14(16)8-13)9-17-20(18,19)10-11-4-2-1-3-5-11/h1-8,17H,9-10H2. The van der Waals surface area contributed by atoms with Crippen LogP contribution in [0.1, 0.15) is 11.1 Å². The third-order valence-corrected chi connectivity index (χ3v) is 4.35. The topological polar surface area (TPSA) is 46.2 Å². The molecule has 0 aliphatic heterocycles. The monoisotopic (exact) mass is 329 g/mol. The number of halogens is 2. The molecular weight excluding hydrogens is 317 g/mol. The smallest absolute Gasteiger partial charge is 0.212 e. The zero-order valence-electron chi connectivity index (χ0n) is 10.5. The van der Waals surface area contributed by atoms with Gasteiger partial charge in [-0.15, -0.1) is 0 Å². The van der Waals surface area contributed by atoms with E-state index >= 15 is 0 Å². The first-order valence-electron chi connectivity index (χ1n) is 5.91. The van der Waals surface area contributed by atoms with E-state index in [-0.39, 0.29) is 12.3 Å². The van der Waals surface area contributed by atoms with E-state index in [9.17, 15) is 8.42 Å². The summed E-state index contributed by atoms with van der Waals surface area (Å²) in [5.41, 5.74) is 1.46. The third-order valence-electron chi connectivity index (χ3n) is 2.62. The van der Waals surface area contributed by atoms with Crippen LogP contribution in [0, 0.1) is 0 Å². The molecule has 0 unspecified atom stereocenters. The first-order chi connectivity index (χ1) is 9.44. The Balaban J connectivity index is 2.02. The molecule has 0 heterocycles. The molecule has 6 heteroatoms. The van der Waals surface area contributed by atoms with Gasteiger partial charge in [0.2, 0.25) is 10.0 Å². The third kappa shape index (κ3) is 4.80. The molecule has 20 heavy (non-hydrogen) atoms. The Morgan fingerprint density at radius 3 is 2.10 bits per heavy atom. The maximum Gasteiger partial charge on any atom is 0.216 e. The molecule has 0 atom stereocenters. The Morgan fingerprint density at radius 2 is 1.50 bits per heavy atom. The number of hydrogen-bond acceptors (Lipinski definition) is 2. The van der Waals surface area contributed by atoms with Crippen LogP contribution in [-0.2, 0) is 22.3 Å². The fourth-order valence-electron chi connectivity index (χ4n) is 1.75. The number of hydrogen-bond donors (Lipinski definition) is 1. The lowest BCUT2D eigenvalue weighted by atomic mass is 10.2. The van der Waals surface area contributed by atoms with Crippen molar-refractivity contribution in [2.24, 2.45) is 0 Å². The highest BCUT2D eigenvalue weighted by Crippen LogP contribution is 2.19. The quantitative estimate of drug-likeness (QED) is 0.910. The Bertz CT molecular complexity index is 667. The summed E-state index contributed by atoms with van der Waals surface area (Å²) in [5.74, 6) is -0.0534. The van der Waals surface area contributed by atoms with Crippen molar-refractivity contribution in [1.29, 1.82) is 0 Å². The molecule has 0 bridgehead atoms. The lowest BCUT2D eigenvalue weighted by molar-refractivity contribution is 0.580. The highest BCUT2D eigenvalue weighted by molar-refractivity contribution is 7.88. The molecule has 2 rings (SSSR count). The molecule has 0 aromatic heterocycles. The summed E-state index contributed by atoms with van der Waals surface area (Å²) in [5, 5.41) is 0.963. The highest BCUT2D eigenvalue weighted by atomic mass is 35.5. The second-order valence-electron chi connectivity index (χ2n) is 4.34. The van der Waals surface area contributed by atoms with Crippen molar-refractivity contribution in [2.45, 2.75) is 12.3 Å². The van der Waals surface area contributed by atoms with Gasteiger partial charge in [-0.1, -0.05) is 53.5 Å². The maximum atomic E-state index is 12.0. The predicted molar refractivity (Wildman–Crippen MR) is 82.4 cm³/mol. The number of benzene rings is 2. The predicted octanol–water partition coefficient (Wildman–Crippen LogP) is 3.61. The second-order valence-corrected chi connectivity index (χ2v) is 7.02. The van der Waals surface area contributed by atoms with Gasteiger partial charge < -0.3 is 0 Å². The fourth-order valence-corrected chi connectivity index (χ4v) is 3.44. The van der Waals surface area contributed by atoms with Crippen LogP contribution >= 0.6 is 23.2 Å². The van der Waals surface area contributed by atoms with E-state index in [0.29, 0.717) is 10.0 Å². The minimum Gasteiger partial charge on any atom is -0.212 e. The van der Waals surface area contributed by atoms with Gasteiger partial charge in [-0.3, -0.25) is 0 Å². The normalized spacial score (nSPS) is 11.5. The number of nitrogens with one attached hydrogen (secondary N) is 1. The van der Waals surface area contributed by atoms with Gasteiger partial charge in [0.1, 0.15) is 0 Å². The van der Waals surface area contributed by atoms with Crippen LogP contribution in [-0.4, -0.2) is 8.42 Å². The molecular formula is C14H13Cl2NO2S. The minimum absolute atomic E-state index is 0.0534. The summed E-state index contributed by atoms with van der Waals surface area (Å²) in [6.07, 6.45) is 0. The molecule has 0 saturated carbocycles. The van der Waals surface area contributed by atoms with Crippen molar-refractivity contribution >= 4 is 33.2 Å². The summed E-state index contributed by atoms with van der Waals surface area (Å²) in [4.78, 5) is 0. The van der Waals surface area contributed by atoms with Crippen LogP contribution in [0.3, 0.4) is 0 Å². The Labute approximate surface area is 128 Å². The zero-order valence-corrected chi connectivity index (χ0v) is 12.8. The lowest BCUT2D eigenvalue weighted by Gasteiger charge is -2.07. The summed E-state index contributed by atoms with van der Waals surface area (Å²) < 4.78 is 26.5. The Hall–Kier alpha value is -1.07. The van der Waals surface area contributed by atoms with Gasteiger partial charge in [-0.25, -0.2) is 13.1 Å². The maximum absolute atomic E-state index is 12.0. The van der Waals surface area contributed by atoms with E-state index in [1.807, 2.05) is 18.2 Å². The van der Waals surface area contributed by atoms with Crippen LogP contribution in [0.4, 0.5) is 0 Å². The summed E-state index contributed by atoms with van der Waals surface area (Å²) in [7, 11) is -3.39. The van der Waals surface area contributed by atoms with E-state index in [4.69, 9.17) is 23.2 Å². The average Bonchev–Trinajstić information content (AvgIpc) is 2.36. The zero-order chi connectivity index (χ0) is 14.6. The van der Waals surface area contributed by atoms with Crippen molar-refractivity contribution in [1.82, 2.24) is 4.72 Å².